The van der Waals surface area contributed by atoms with E-state index in [4.69, 9.17) is 9.47 Å². The molecule has 0 bridgehead atoms. The highest BCUT2D eigenvalue weighted by molar-refractivity contribution is 5.45. The van der Waals surface area contributed by atoms with Crippen LogP contribution in [-0.2, 0) is 9.47 Å². The maximum Gasteiger partial charge on any atom is 0.227 e. The lowest BCUT2D eigenvalue weighted by molar-refractivity contribution is 0.122. The second-order valence-electron chi connectivity index (χ2n) is 6.77. The number of ether oxygens (including phenoxy) is 2. The third kappa shape index (κ3) is 2.99. The van der Waals surface area contributed by atoms with Gasteiger partial charge in [-0.05, 0) is 19.3 Å². The van der Waals surface area contributed by atoms with E-state index in [-0.39, 0.29) is 11.2 Å². The van der Waals surface area contributed by atoms with Crippen molar-refractivity contribution in [1.82, 2.24) is 9.97 Å². The number of rotatable bonds is 2. The van der Waals surface area contributed by atoms with E-state index < -0.39 is 0 Å². The van der Waals surface area contributed by atoms with Crippen molar-refractivity contribution in [3.63, 3.8) is 0 Å². The van der Waals surface area contributed by atoms with E-state index in [1.165, 1.54) is 12.6 Å². The van der Waals surface area contributed by atoms with Crippen LogP contribution in [0.3, 0.4) is 0 Å². The first-order chi connectivity index (χ1) is 11.3. The highest BCUT2D eigenvalue weighted by Gasteiger charge is 2.39. The molecular weight excluding hydrogens is 299 g/mol. The number of aromatic nitrogens is 2. The zero-order chi connectivity index (χ0) is 15.7. The molecule has 0 radical (unpaired) electrons. The molecule has 3 aliphatic rings. The first kappa shape index (κ1) is 15.1. The Morgan fingerprint density at radius 3 is 2.70 bits per heavy atom. The Hall–Kier alpha value is -1.47. The fourth-order valence-electron chi connectivity index (χ4n) is 3.85. The molecule has 0 unspecified atom stereocenters. The molecule has 6 nitrogen and oxygen atoms in total. The van der Waals surface area contributed by atoms with Gasteiger partial charge in [0.15, 0.2) is 11.6 Å². The normalized spacial score (nSPS) is 28.6. The predicted molar refractivity (Wildman–Crippen MR) is 84.3 cm³/mol. The van der Waals surface area contributed by atoms with Crippen LogP contribution in [0.1, 0.15) is 19.3 Å². The minimum Gasteiger partial charge on any atom is -0.381 e. The molecule has 0 aliphatic carbocycles. The summed E-state index contributed by atoms with van der Waals surface area (Å²) in [4.78, 5) is 12.9. The van der Waals surface area contributed by atoms with Crippen molar-refractivity contribution in [2.24, 2.45) is 5.41 Å². The minimum absolute atomic E-state index is 0.231. The summed E-state index contributed by atoms with van der Waals surface area (Å²) in [5.41, 5.74) is 0.231. The molecule has 1 atom stereocenters. The summed E-state index contributed by atoms with van der Waals surface area (Å²) in [5, 5.41) is 0. The molecule has 3 saturated heterocycles. The standard InChI is InChI=1S/C16H23FN4O2/c17-13-10-18-15(19-14(13)20-5-8-22-9-6-20)21-4-1-2-16(11-21)3-7-23-12-16/h10H,1-9,11-12H2/t16-/m0/s1. The van der Waals surface area contributed by atoms with Gasteiger partial charge in [0.05, 0.1) is 26.0 Å². The lowest BCUT2D eigenvalue weighted by atomic mass is 9.79. The molecule has 0 N–H and O–H groups in total. The van der Waals surface area contributed by atoms with Crippen molar-refractivity contribution in [2.45, 2.75) is 19.3 Å². The predicted octanol–water partition coefficient (Wildman–Crippen LogP) is 1.46. The Labute approximate surface area is 135 Å². The first-order valence-corrected chi connectivity index (χ1v) is 8.44. The van der Waals surface area contributed by atoms with Crippen molar-refractivity contribution in [1.29, 1.82) is 0 Å². The van der Waals surface area contributed by atoms with E-state index in [1.807, 2.05) is 4.90 Å². The molecule has 0 aromatic carbocycles. The zero-order valence-electron chi connectivity index (χ0n) is 13.3. The van der Waals surface area contributed by atoms with Crippen LogP contribution in [0.15, 0.2) is 6.20 Å². The molecule has 1 aromatic rings. The summed E-state index contributed by atoms with van der Waals surface area (Å²) in [6.45, 7) is 6.07. The second-order valence-corrected chi connectivity index (χ2v) is 6.77. The fraction of sp³-hybridized carbons (Fsp3) is 0.750. The highest BCUT2D eigenvalue weighted by Crippen LogP contribution is 2.38. The second kappa shape index (κ2) is 6.20. The summed E-state index contributed by atoms with van der Waals surface area (Å²) in [6, 6.07) is 0. The molecular formula is C16H23FN4O2. The highest BCUT2D eigenvalue weighted by atomic mass is 19.1. The van der Waals surface area contributed by atoms with E-state index in [2.05, 4.69) is 14.9 Å². The van der Waals surface area contributed by atoms with Gasteiger partial charge in [-0.3, -0.25) is 0 Å². The smallest absolute Gasteiger partial charge is 0.227 e. The van der Waals surface area contributed by atoms with Gasteiger partial charge < -0.3 is 19.3 Å². The number of hydrogen-bond acceptors (Lipinski definition) is 6. The van der Waals surface area contributed by atoms with Gasteiger partial charge >= 0.3 is 0 Å². The largest absolute Gasteiger partial charge is 0.381 e. The molecule has 3 aliphatic heterocycles. The van der Waals surface area contributed by atoms with Crippen LogP contribution < -0.4 is 9.80 Å². The Morgan fingerprint density at radius 2 is 1.91 bits per heavy atom. The molecule has 1 spiro atoms. The van der Waals surface area contributed by atoms with Crippen molar-refractivity contribution in [2.75, 3.05) is 62.4 Å². The molecule has 23 heavy (non-hydrogen) atoms. The molecule has 126 valence electrons. The first-order valence-electron chi connectivity index (χ1n) is 8.44. The number of halogens is 1. The van der Waals surface area contributed by atoms with Gasteiger partial charge in [-0.1, -0.05) is 0 Å². The average Bonchev–Trinajstić information content (AvgIpc) is 3.04. The zero-order valence-corrected chi connectivity index (χ0v) is 13.3. The number of nitrogens with zero attached hydrogens (tertiary/aromatic N) is 4. The maximum absolute atomic E-state index is 14.2. The summed E-state index contributed by atoms with van der Waals surface area (Å²) in [5.74, 6) is 0.686. The monoisotopic (exact) mass is 322 g/mol. The lowest BCUT2D eigenvalue weighted by Gasteiger charge is -2.39. The van der Waals surface area contributed by atoms with Crippen LogP contribution >= 0.6 is 0 Å². The molecule has 7 heteroatoms. The van der Waals surface area contributed by atoms with Crippen molar-refractivity contribution >= 4 is 11.8 Å². The van der Waals surface area contributed by atoms with Gasteiger partial charge in [-0.15, -0.1) is 0 Å². The summed E-state index contributed by atoms with van der Waals surface area (Å²) >= 11 is 0. The fourth-order valence-corrected chi connectivity index (χ4v) is 3.85. The summed E-state index contributed by atoms with van der Waals surface area (Å²) < 4.78 is 25.1. The average molecular weight is 322 g/mol. The van der Waals surface area contributed by atoms with Crippen LogP contribution in [-0.4, -0.2) is 62.6 Å². The van der Waals surface area contributed by atoms with Gasteiger partial charge in [-0.25, -0.2) is 9.37 Å². The lowest BCUT2D eigenvalue weighted by Crippen LogP contribution is -2.45. The Morgan fingerprint density at radius 1 is 1.04 bits per heavy atom. The van der Waals surface area contributed by atoms with Crippen LogP contribution in [0.2, 0.25) is 0 Å². The van der Waals surface area contributed by atoms with Gasteiger partial charge in [0.2, 0.25) is 5.95 Å². The van der Waals surface area contributed by atoms with Crippen molar-refractivity contribution in [3.8, 4) is 0 Å². The van der Waals surface area contributed by atoms with Gasteiger partial charge in [0.1, 0.15) is 0 Å². The van der Waals surface area contributed by atoms with Gasteiger partial charge in [0.25, 0.3) is 0 Å². The number of anilines is 2. The summed E-state index contributed by atoms with van der Waals surface area (Å²) in [7, 11) is 0. The van der Waals surface area contributed by atoms with E-state index in [9.17, 15) is 4.39 Å². The van der Waals surface area contributed by atoms with E-state index in [0.29, 0.717) is 38.1 Å². The van der Waals surface area contributed by atoms with Gasteiger partial charge in [-0.2, -0.15) is 4.98 Å². The molecule has 1 aromatic heterocycles. The SMILES string of the molecule is Fc1cnc(N2CCC[C@]3(CCOC3)C2)nc1N1CCOCC1. The topological polar surface area (TPSA) is 50.7 Å². The maximum atomic E-state index is 14.2. The third-order valence-corrected chi connectivity index (χ3v) is 5.15. The van der Waals surface area contributed by atoms with Crippen LogP contribution in [0.5, 0.6) is 0 Å². The van der Waals surface area contributed by atoms with Crippen LogP contribution in [0.4, 0.5) is 16.2 Å². The molecule has 4 heterocycles. The van der Waals surface area contributed by atoms with Crippen LogP contribution in [0.25, 0.3) is 0 Å². The molecule has 0 amide bonds. The Bertz CT molecular complexity index is 559. The van der Waals surface area contributed by atoms with E-state index in [1.54, 1.807) is 0 Å². The molecule has 4 rings (SSSR count). The van der Waals surface area contributed by atoms with E-state index in [0.717, 1.165) is 39.1 Å². The number of morpholine rings is 1. The Balaban J connectivity index is 1.56. The Kier molecular flexibility index (Phi) is 4.07. The minimum atomic E-state index is -0.355. The van der Waals surface area contributed by atoms with Crippen LogP contribution in [0, 0.1) is 11.2 Å². The number of hydrogen-bond donors (Lipinski definition) is 0. The number of piperidine rings is 1. The quantitative estimate of drug-likeness (QED) is 0.822. The third-order valence-electron chi connectivity index (χ3n) is 5.15. The molecule has 3 fully saturated rings. The van der Waals surface area contributed by atoms with Gasteiger partial charge in [0, 0.05) is 38.2 Å². The van der Waals surface area contributed by atoms with Crippen molar-refractivity contribution < 1.29 is 13.9 Å². The summed E-state index contributed by atoms with van der Waals surface area (Å²) in [6.07, 6.45) is 4.71. The molecule has 0 saturated carbocycles. The van der Waals surface area contributed by atoms with E-state index >= 15 is 0 Å². The van der Waals surface area contributed by atoms with Crippen molar-refractivity contribution in [3.05, 3.63) is 12.0 Å².